The zero-order valence-electron chi connectivity index (χ0n) is 7.46. The van der Waals surface area contributed by atoms with Crippen molar-refractivity contribution in [1.29, 1.82) is 5.26 Å². The number of imidazole rings is 1. The molecule has 0 radical (unpaired) electrons. The third-order valence-electron chi connectivity index (χ3n) is 1.88. The van der Waals surface area contributed by atoms with Crippen LogP contribution in [0, 0.1) is 11.3 Å². The van der Waals surface area contributed by atoms with Gasteiger partial charge >= 0.3 is 0 Å². The SMILES string of the molecule is N#Cc1nc(-c2ccc(Cl)cc2)[nH]c1Cl. The number of nitrogens with zero attached hydrogens (tertiary/aromatic N) is 2. The molecule has 0 unspecified atom stereocenters. The van der Waals surface area contributed by atoms with Crippen molar-refractivity contribution in [1.82, 2.24) is 9.97 Å². The van der Waals surface area contributed by atoms with Crippen molar-refractivity contribution in [2.75, 3.05) is 0 Å². The summed E-state index contributed by atoms with van der Waals surface area (Å²) in [7, 11) is 0. The van der Waals surface area contributed by atoms with Crippen molar-refractivity contribution in [3.05, 3.63) is 40.1 Å². The predicted molar refractivity (Wildman–Crippen MR) is 58.8 cm³/mol. The normalized spacial score (nSPS) is 9.93. The van der Waals surface area contributed by atoms with Crippen LogP contribution in [0.3, 0.4) is 0 Å². The molecule has 0 aliphatic rings. The molecule has 1 N–H and O–H groups in total. The summed E-state index contributed by atoms with van der Waals surface area (Å²) in [6, 6.07) is 9.00. The van der Waals surface area contributed by atoms with Crippen molar-refractivity contribution in [3.63, 3.8) is 0 Å². The number of hydrogen-bond donors (Lipinski definition) is 1. The molecule has 15 heavy (non-hydrogen) atoms. The number of halogens is 2. The Bertz CT molecular complexity index is 523. The van der Waals surface area contributed by atoms with Crippen LogP contribution >= 0.6 is 23.2 Å². The van der Waals surface area contributed by atoms with Crippen molar-refractivity contribution >= 4 is 23.2 Å². The summed E-state index contributed by atoms with van der Waals surface area (Å²) in [4.78, 5) is 6.86. The Morgan fingerprint density at radius 1 is 1.20 bits per heavy atom. The van der Waals surface area contributed by atoms with E-state index in [4.69, 9.17) is 28.5 Å². The van der Waals surface area contributed by atoms with E-state index in [2.05, 4.69) is 9.97 Å². The van der Waals surface area contributed by atoms with Gasteiger partial charge in [-0.15, -0.1) is 0 Å². The van der Waals surface area contributed by atoms with Gasteiger partial charge in [0, 0.05) is 10.6 Å². The van der Waals surface area contributed by atoms with Crippen molar-refractivity contribution in [2.24, 2.45) is 0 Å². The first-order chi connectivity index (χ1) is 7.20. The molecule has 0 saturated carbocycles. The lowest BCUT2D eigenvalue weighted by molar-refractivity contribution is 1.29. The summed E-state index contributed by atoms with van der Waals surface area (Å²) < 4.78 is 0. The van der Waals surface area contributed by atoms with Crippen LogP contribution in [-0.2, 0) is 0 Å². The Kier molecular flexibility index (Phi) is 2.63. The second kappa shape index (κ2) is 3.93. The molecule has 0 fully saturated rings. The molecule has 0 atom stereocenters. The molecule has 2 rings (SSSR count). The molecule has 0 aliphatic carbocycles. The molecule has 1 aromatic heterocycles. The molecule has 0 spiro atoms. The summed E-state index contributed by atoms with van der Waals surface area (Å²) in [6.45, 7) is 0. The van der Waals surface area contributed by atoms with Crippen LogP contribution in [0.2, 0.25) is 10.2 Å². The highest BCUT2D eigenvalue weighted by molar-refractivity contribution is 6.31. The summed E-state index contributed by atoms with van der Waals surface area (Å²) in [5.41, 5.74) is 1.03. The number of H-pyrrole nitrogens is 1. The standard InChI is InChI=1S/C10H5Cl2N3/c11-7-3-1-6(2-4-7)10-14-8(5-13)9(12)15-10/h1-4H,(H,14,15). The molecule has 1 aromatic carbocycles. The zero-order chi connectivity index (χ0) is 10.8. The van der Waals surface area contributed by atoms with E-state index in [1.165, 1.54) is 0 Å². The maximum Gasteiger partial charge on any atom is 0.178 e. The molecule has 0 aliphatic heterocycles. The lowest BCUT2D eigenvalue weighted by atomic mass is 10.2. The maximum absolute atomic E-state index is 8.68. The molecule has 1 heterocycles. The van der Waals surface area contributed by atoms with Crippen molar-refractivity contribution in [3.8, 4) is 17.5 Å². The second-order valence-electron chi connectivity index (χ2n) is 2.87. The Morgan fingerprint density at radius 3 is 2.40 bits per heavy atom. The number of nitrogens with one attached hydrogen (secondary N) is 1. The third-order valence-corrected chi connectivity index (χ3v) is 2.41. The highest BCUT2D eigenvalue weighted by atomic mass is 35.5. The summed E-state index contributed by atoms with van der Waals surface area (Å²) in [5, 5.41) is 9.59. The van der Waals surface area contributed by atoms with E-state index >= 15 is 0 Å². The minimum absolute atomic E-state index is 0.196. The fourth-order valence-electron chi connectivity index (χ4n) is 1.17. The van der Waals surface area contributed by atoms with Crippen LogP contribution in [0.5, 0.6) is 0 Å². The Labute approximate surface area is 96.3 Å². The average molecular weight is 238 g/mol. The predicted octanol–water partition coefficient (Wildman–Crippen LogP) is 3.26. The van der Waals surface area contributed by atoms with E-state index in [0.717, 1.165) is 5.56 Å². The maximum atomic E-state index is 8.68. The van der Waals surface area contributed by atoms with Crippen LogP contribution in [0.15, 0.2) is 24.3 Å². The molecule has 0 saturated heterocycles. The van der Waals surface area contributed by atoms with Crippen molar-refractivity contribution < 1.29 is 0 Å². The van der Waals surface area contributed by atoms with Crippen molar-refractivity contribution in [2.45, 2.75) is 0 Å². The quantitative estimate of drug-likeness (QED) is 0.828. The molecule has 0 amide bonds. The number of nitriles is 1. The lowest BCUT2D eigenvalue weighted by Gasteiger charge is -1.95. The third kappa shape index (κ3) is 1.96. The topological polar surface area (TPSA) is 52.5 Å². The van der Waals surface area contributed by atoms with Crippen LogP contribution in [-0.4, -0.2) is 9.97 Å². The number of aromatic amines is 1. The molecule has 5 heteroatoms. The van der Waals surface area contributed by atoms with Gasteiger partial charge in [0.05, 0.1) is 0 Å². The minimum atomic E-state index is 0.196. The van der Waals surface area contributed by atoms with Gasteiger partial charge < -0.3 is 4.98 Å². The first kappa shape index (κ1) is 10.0. The molecular formula is C10H5Cl2N3. The van der Waals surface area contributed by atoms with E-state index < -0.39 is 0 Å². The Hall–Kier alpha value is -1.50. The minimum Gasteiger partial charge on any atom is -0.328 e. The lowest BCUT2D eigenvalue weighted by Crippen LogP contribution is -1.79. The van der Waals surface area contributed by atoms with Crippen LogP contribution in [0.25, 0.3) is 11.4 Å². The van der Waals surface area contributed by atoms with E-state index in [1.54, 1.807) is 24.3 Å². The first-order valence-electron chi connectivity index (χ1n) is 4.12. The zero-order valence-corrected chi connectivity index (χ0v) is 8.97. The summed E-state index contributed by atoms with van der Waals surface area (Å²) in [5.74, 6) is 0.563. The Balaban J connectivity index is 2.46. The molecule has 3 nitrogen and oxygen atoms in total. The van der Waals surface area contributed by atoms with E-state index in [9.17, 15) is 0 Å². The van der Waals surface area contributed by atoms with Gasteiger partial charge in [-0.1, -0.05) is 23.2 Å². The highest BCUT2D eigenvalue weighted by Crippen LogP contribution is 2.22. The van der Waals surface area contributed by atoms with Gasteiger partial charge in [-0.3, -0.25) is 0 Å². The number of rotatable bonds is 1. The van der Waals surface area contributed by atoms with Gasteiger partial charge in [-0.05, 0) is 24.3 Å². The Morgan fingerprint density at radius 2 is 1.87 bits per heavy atom. The van der Waals surface area contributed by atoms with E-state index in [1.807, 2.05) is 6.07 Å². The average Bonchev–Trinajstić information content (AvgIpc) is 2.61. The highest BCUT2D eigenvalue weighted by Gasteiger charge is 2.08. The fourth-order valence-corrected chi connectivity index (χ4v) is 1.47. The van der Waals surface area contributed by atoms with Gasteiger partial charge in [-0.25, -0.2) is 4.98 Å². The van der Waals surface area contributed by atoms with Gasteiger partial charge in [0.15, 0.2) is 5.69 Å². The summed E-state index contributed by atoms with van der Waals surface area (Å²) >= 11 is 11.5. The van der Waals surface area contributed by atoms with E-state index in [-0.39, 0.29) is 10.8 Å². The monoisotopic (exact) mass is 237 g/mol. The largest absolute Gasteiger partial charge is 0.328 e. The van der Waals surface area contributed by atoms with Gasteiger partial charge in [0.25, 0.3) is 0 Å². The second-order valence-corrected chi connectivity index (χ2v) is 3.68. The van der Waals surface area contributed by atoms with E-state index in [0.29, 0.717) is 10.8 Å². The molecule has 2 aromatic rings. The van der Waals surface area contributed by atoms with Crippen LogP contribution < -0.4 is 0 Å². The molecule has 74 valence electrons. The fraction of sp³-hybridized carbons (Fsp3) is 0. The number of aromatic nitrogens is 2. The van der Waals surface area contributed by atoms with Gasteiger partial charge in [0.2, 0.25) is 0 Å². The number of hydrogen-bond acceptors (Lipinski definition) is 2. The van der Waals surface area contributed by atoms with Crippen LogP contribution in [0.1, 0.15) is 5.69 Å². The summed E-state index contributed by atoms with van der Waals surface area (Å²) in [6.07, 6.45) is 0. The molecule has 0 bridgehead atoms. The van der Waals surface area contributed by atoms with Crippen LogP contribution in [0.4, 0.5) is 0 Å². The van der Waals surface area contributed by atoms with Gasteiger partial charge in [0.1, 0.15) is 17.0 Å². The molecular weight excluding hydrogens is 233 g/mol. The smallest absolute Gasteiger partial charge is 0.178 e. The van der Waals surface area contributed by atoms with Gasteiger partial charge in [-0.2, -0.15) is 5.26 Å². The first-order valence-corrected chi connectivity index (χ1v) is 4.88. The number of benzene rings is 1.